The summed E-state index contributed by atoms with van der Waals surface area (Å²) < 4.78 is 26.4. The van der Waals surface area contributed by atoms with E-state index in [9.17, 15) is 13.2 Å². The summed E-state index contributed by atoms with van der Waals surface area (Å²) >= 11 is 3.03. The van der Waals surface area contributed by atoms with Crippen LogP contribution in [0.2, 0.25) is 0 Å². The van der Waals surface area contributed by atoms with Gasteiger partial charge in [0.05, 0.1) is 22.4 Å². The second-order valence-electron chi connectivity index (χ2n) is 3.83. The molecule has 8 heteroatoms. The Morgan fingerprint density at radius 2 is 2.21 bits per heavy atom. The van der Waals surface area contributed by atoms with Crippen LogP contribution in [0.1, 0.15) is 17.3 Å². The molecule has 0 fully saturated rings. The lowest BCUT2D eigenvalue weighted by Gasteiger charge is -2.09. The van der Waals surface area contributed by atoms with E-state index in [1.165, 1.54) is 18.2 Å². The van der Waals surface area contributed by atoms with Crippen molar-refractivity contribution in [2.24, 2.45) is 5.92 Å². The van der Waals surface area contributed by atoms with Gasteiger partial charge in [0, 0.05) is 11.0 Å². The van der Waals surface area contributed by atoms with Crippen molar-refractivity contribution >= 4 is 31.9 Å². The van der Waals surface area contributed by atoms with Gasteiger partial charge in [-0.25, -0.2) is 17.9 Å². The van der Waals surface area contributed by atoms with E-state index in [1.54, 1.807) is 6.92 Å². The Hall–Kier alpha value is -1.43. The van der Waals surface area contributed by atoms with Crippen LogP contribution < -0.4 is 4.72 Å². The molecule has 0 saturated carbocycles. The molecule has 0 aliphatic rings. The van der Waals surface area contributed by atoms with E-state index in [0.29, 0.717) is 0 Å². The Labute approximate surface area is 119 Å². The molecule has 1 aromatic carbocycles. The molecule has 1 unspecified atom stereocenters. The van der Waals surface area contributed by atoms with Crippen LogP contribution in [0.15, 0.2) is 27.6 Å². The molecule has 102 valence electrons. The largest absolute Gasteiger partial charge is 0.478 e. The van der Waals surface area contributed by atoms with Gasteiger partial charge < -0.3 is 5.11 Å². The Balaban J connectivity index is 3.03. The zero-order valence-corrected chi connectivity index (χ0v) is 12.3. The SMILES string of the molecule is CC(C#N)CNS(=O)(=O)c1ccc(C(=O)O)cc1Br. The number of rotatable bonds is 5. The van der Waals surface area contributed by atoms with E-state index < -0.39 is 21.9 Å². The van der Waals surface area contributed by atoms with Crippen molar-refractivity contribution in [2.45, 2.75) is 11.8 Å². The van der Waals surface area contributed by atoms with Gasteiger partial charge in [-0.1, -0.05) is 0 Å². The van der Waals surface area contributed by atoms with Crippen molar-refractivity contribution < 1.29 is 18.3 Å². The van der Waals surface area contributed by atoms with Gasteiger partial charge in [0.2, 0.25) is 10.0 Å². The maximum Gasteiger partial charge on any atom is 0.335 e. The minimum Gasteiger partial charge on any atom is -0.478 e. The molecule has 1 aromatic rings. The van der Waals surface area contributed by atoms with E-state index in [2.05, 4.69) is 20.7 Å². The second kappa shape index (κ2) is 6.14. The van der Waals surface area contributed by atoms with Crippen LogP contribution in [0.25, 0.3) is 0 Å². The van der Waals surface area contributed by atoms with Crippen LogP contribution >= 0.6 is 15.9 Å². The summed E-state index contributed by atoms with van der Waals surface area (Å²) in [6, 6.07) is 5.53. The molecular formula is C11H11BrN2O4S. The van der Waals surface area contributed by atoms with Gasteiger partial charge in [0.15, 0.2) is 0 Å². The summed E-state index contributed by atoms with van der Waals surface area (Å²) in [5.41, 5.74) is -0.0174. The van der Waals surface area contributed by atoms with Crippen LogP contribution in [0.5, 0.6) is 0 Å². The molecule has 1 rings (SSSR count). The molecule has 0 heterocycles. The number of carboxylic acid groups (broad SMARTS) is 1. The number of hydrogen-bond donors (Lipinski definition) is 2. The number of sulfonamides is 1. The van der Waals surface area contributed by atoms with Crippen molar-refractivity contribution in [3.05, 3.63) is 28.2 Å². The topological polar surface area (TPSA) is 107 Å². The van der Waals surface area contributed by atoms with Gasteiger partial charge in [-0.05, 0) is 41.1 Å². The normalized spacial score (nSPS) is 12.7. The lowest BCUT2D eigenvalue weighted by atomic mass is 10.2. The molecule has 2 N–H and O–H groups in total. The maximum absolute atomic E-state index is 12.0. The summed E-state index contributed by atoms with van der Waals surface area (Å²) in [5, 5.41) is 17.4. The second-order valence-corrected chi connectivity index (χ2v) is 6.42. The predicted molar refractivity (Wildman–Crippen MR) is 71.1 cm³/mol. The van der Waals surface area contributed by atoms with Crippen molar-refractivity contribution in [3.8, 4) is 6.07 Å². The number of benzene rings is 1. The minimum atomic E-state index is -3.78. The van der Waals surface area contributed by atoms with Crippen LogP contribution in [0.3, 0.4) is 0 Å². The van der Waals surface area contributed by atoms with Crippen LogP contribution in [0, 0.1) is 17.2 Å². The third-order valence-corrected chi connectivity index (χ3v) is 4.67. The highest BCUT2D eigenvalue weighted by Gasteiger charge is 2.19. The highest BCUT2D eigenvalue weighted by molar-refractivity contribution is 9.10. The Morgan fingerprint density at radius 3 is 2.68 bits per heavy atom. The first-order valence-electron chi connectivity index (χ1n) is 5.20. The first-order valence-corrected chi connectivity index (χ1v) is 7.47. The van der Waals surface area contributed by atoms with Crippen LogP contribution in [-0.2, 0) is 10.0 Å². The average Bonchev–Trinajstić information content (AvgIpc) is 2.35. The van der Waals surface area contributed by atoms with Gasteiger partial charge in [-0.2, -0.15) is 5.26 Å². The first-order chi connectivity index (χ1) is 8.77. The highest BCUT2D eigenvalue weighted by atomic mass is 79.9. The fraction of sp³-hybridized carbons (Fsp3) is 0.273. The number of nitrogens with one attached hydrogen (secondary N) is 1. The number of nitrogens with zero attached hydrogens (tertiary/aromatic N) is 1. The molecule has 0 amide bonds. The van der Waals surface area contributed by atoms with Gasteiger partial charge in [0.25, 0.3) is 0 Å². The summed E-state index contributed by atoms with van der Waals surface area (Å²) in [6.07, 6.45) is 0. The van der Waals surface area contributed by atoms with E-state index >= 15 is 0 Å². The number of carbonyl (C=O) groups is 1. The average molecular weight is 347 g/mol. The zero-order valence-electron chi connectivity index (χ0n) is 9.92. The van der Waals surface area contributed by atoms with E-state index in [1.807, 2.05) is 6.07 Å². The fourth-order valence-electron chi connectivity index (χ4n) is 1.21. The van der Waals surface area contributed by atoms with Crippen molar-refractivity contribution in [2.75, 3.05) is 6.54 Å². The molecule has 0 aliphatic carbocycles. The third-order valence-electron chi connectivity index (χ3n) is 2.27. The molecule has 0 radical (unpaired) electrons. The lowest BCUT2D eigenvalue weighted by molar-refractivity contribution is 0.0696. The molecule has 19 heavy (non-hydrogen) atoms. The smallest absolute Gasteiger partial charge is 0.335 e. The number of aromatic carboxylic acids is 1. The summed E-state index contributed by atoms with van der Waals surface area (Å²) in [6.45, 7) is 1.58. The summed E-state index contributed by atoms with van der Waals surface area (Å²) in [4.78, 5) is 10.7. The van der Waals surface area contributed by atoms with Crippen LogP contribution in [-0.4, -0.2) is 26.0 Å². The Morgan fingerprint density at radius 1 is 1.58 bits per heavy atom. The lowest BCUT2D eigenvalue weighted by Crippen LogP contribution is -2.28. The fourth-order valence-corrected chi connectivity index (χ4v) is 3.42. The number of nitriles is 1. The highest BCUT2D eigenvalue weighted by Crippen LogP contribution is 2.23. The monoisotopic (exact) mass is 346 g/mol. The van der Waals surface area contributed by atoms with Gasteiger partial charge in [0.1, 0.15) is 0 Å². The predicted octanol–water partition coefficient (Wildman–Crippen LogP) is 1.59. The molecular weight excluding hydrogens is 336 g/mol. The van der Waals surface area contributed by atoms with Gasteiger partial charge in [-0.3, -0.25) is 0 Å². The van der Waals surface area contributed by atoms with E-state index in [-0.39, 0.29) is 21.5 Å². The molecule has 0 aromatic heterocycles. The summed E-state index contributed by atoms with van der Waals surface area (Å²) in [5.74, 6) is -1.59. The van der Waals surface area contributed by atoms with E-state index in [0.717, 1.165) is 0 Å². The molecule has 0 bridgehead atoms. The molecule has 0 aliphatic heterocycles. The standard InChI is InChI=1S/C11H11BrN2O4S/c1-7(5-13)6-14-19(17,18)10-3-2-8(11(15)16)4-9(10)12/h2-4,7,14H,6H2,1H3,(H,15,16). The van der Waals surface area contributed by atoms with Crippen molar-refractivity contribution in [3.63, 3.8) is 0 Å². The Kier molecular flexibility index (Phi) is 5.05. The maximum atomic E-state index is 12.0. The molecule has 6 nitrogen and oxygen atoms in total. The third kappa shape index (κ3) is 4.02. The quantitative estimate of drug-likeness (QED) is 0.841. The zero-order chi connectivity index (χ0) is 14.6. The Bertz CT molecular complexity index is 637. The molecule has 0 spiro atoms. The first kappa shape index (κ1) is 15.6. The number of carboxylic acids is 1. The molecule has 1 atom stereocenters. The van der Waals surface area contributed by atoms with E-state index in [4.69, 9.17) is 10.4 Å². The van der Waals surface area contributed by atoms with Gasteiger partial charge >= 0.3 is 5.97 Å². The minimum absolute atomic E-state index is 0.00798. The van der Waals surface area contributed by atoms with Crippen molar-refractivity contribution in [1.29, 1.82) is 5.26 Å². The molecule has 0 saturated heterocycles. The number of hydrogen-bond acceptors (Lipinski definition) is 4. The number of halogens is 1. The van der Waals surface area contributed by atoms with Crippen LogP contribution in [0.4, 0.5) is 0 Å². The van der Waals surface area contributed by atoms with Gasteiger partial charge in [-0.15, -0.1) is 0 Å². The van der Waals surface area contributed by atoms with Crippen molar-refractivity contribution in [1.82, 2.24) is 4.72 Å². The summed E-state index contributed by atoms with van der Waals surface area (Å²) in [7, 11) is -3.78.